The normalized spacial score (nSPS) is 36.7. The van der Waals surface area contributed by atoms with Crippen molar-refractivity contribution in [2.24, 2.45) is 0 Å². The van der Waals surface area contributed by atoms with Crippen molar-refractivity contribution in [2.75, 3.05) is 13.2 Å². The van der Waals surface area contributed by atoms with E-state index in [0.29, 0.717) is 0 Å². The summed E-state index contributed by atoms with van der Waals surface area (Å²) in [7, 11) is -29.1. The van der Waals surface area contributed by atoms with Crippen molar-refractivity contribution in [3.63, 3.8) is 0 Å². The van der Waals surface area contributed by atoms with E-state index in [-0.39, 0.29) is 0 Å². The zero-order chi connectivity index (χ0) is 59.1. The van der Waals surface area contributed by atoms with Crippen LogP contribution < -0.4 is 10.0 Å². The SMILES string of the molecule is CC(=O)N[C@@H]1[C@@H](O)[C@H](O[C@@H]2O[C@H](C(=O)O)[C@@H](O[C@@H]3O[C@H](CO)[C@@H](O[C@H]4O[C@@H](C(=O)O)[C@H](O)[C@@H](O)[C@@H]4OS(=O)(=O)O)[C@H](OS(=O)(=O)O)[C@H]3NS(=O)(=O)O)[C@H](O)[C@H]2OS(=O)(=O)O)[C@H](COS(=O)(=O)O)O[C@H]1O.CCC=C(C)C=O. The van der Waals surface area contributed by atoms with Gasteiger partial charge in [0.05, 0.1) is 13.2 Å². The number of rotatable bonds is 23. The monoisotopic (exact) mass is 1230 g/mol. The van der Waals surface area contributed by atoms with Gasteiger partial charge in [-0.15, -0.1) is 0 Å². The number of aliphatic carboxylic acids is 2. The molecule has 0 bridgehead atoms. The number of hydrogen-bond acceptors (Lipinski definition) is 31. The fourth-order valence-corrected chi connectivity index (χ4v) is 9.80. The third-order valence-electron chi connectivity index (χ3n) is 10.4. The predicted molar refractivity (Wildman–Crippen MR) is 231 cm³/mol. The van der Waals surface area contributed by atoms with Crippen LogP contribution in [0.3, 0.4) is 0 Å². The Balaban J connectivity index is 0.00000208. The molecule has 0 radical (unpaired) electrons. The second kappa shape index (κ2) is 27.4. The summed E-state index contributed by atoms with van der Waals surface area (Å²) in [5.74, 6) is -5.49. The molecule has 4 aliphatic rings. The van der Waals surface area contributed by atoms with Crippen LogP contribution in [0.5, 0.6) is 0 Å². The number of carbonyl (C=O) groups is 4. The van der Waals surface area contributed by atoms with E-state index in [1.54, 1.807) is 6.92 Å². The second-order valence-electron chi connectivity index (χ2n) is 16.1. The average molecular weight is 1230 g/mol. The summed E-state index contributed by atoms with van der Waals surface area (Å²) >= 11 is 0. The highest BCUT2D eigenvalue weighted by atomic mass is 32.3. The number of hydrogen-bond donors (Lipinski definition) is 15. The summed E-state index contributed by atoms with van der Waals surface area (Å²) in [6, 6.07) is -4.96. The lowest BCUT2D eigenvalue weighted by molar-refractivity contribution is -0.366. The number of carboxylic acids is 2. The first-order valence-corrected chi connectivity index (χ1v) is 27.8. The van der Waals surface area contributed by atoms with E-state index in [1.807, 2.05) is 18.3 Å². The zero-order valence-corrected chi connectivity index (χ0v) is 43.0. The van der Waals surface area contributed by atoms with Crippen LogP contribution in [0, 0.1) is 0 Å². The number of carbonyl (C=O) groups excluding carboxylic acids is 2. The van der Waals surface area contributed by atoms with Crippen molar-refractivity contribution in [1.82, 2.24) is 10.0 Å². The molecule has 4 fully saturated rings. The number of aliphatic hydroxyl groups is 6. The fraction of sp³-hybridized carbons (Fsp3) is 0.812. The number of nitrogens with one attached hydrogen (secondary N) is 2. The molecule has 0 saturated carbocycles. The molecular weight excluding hydrogens is 1180 g/mol. The Morgan fingerprint density at radius 2 is 1.04 bits per heavy atom. The Morgan fingerprint density at radius 3 is 1.47 bits per heavy atom. The van der Waals surface area contributed by atoms with Crippen LogP contribution in [0.15, 0.2) is 11.6 Å². The zero-order valence-electron chi connectivity index (χ0n) is 38.9. The number of aldehydes is 1. The molecule has 448 valence electrons. The summed E-state index contributed by atoms with van der Waals surface area (Å²) in [5.41, 5.74) is 0.822. The molecule has 4 rings (SSSR count). The maximum absolute atomic E-state index is 12.7. The lowest BCUT2D eigenvalue weighted by Crippen LogP contribution is -2.71. The molecule has 4 heterocycles. The summed E-state index contributed by atoms with van der Waals surface area (Å²) in [6.07, 6.45) is -45.4. The molecule has 45 heteroatoms. The summed E-state index contributed by atoms with van der Waals surface area (Å²) in [5, 5.41) is 86.0. The minimum absolute atomic E-state index is 0.822. The molecular formula is C32H52N2O38S5. The number of carboxylic acid groups (broad SMARTS) is 2. The van der Waals surface area contributed by atoms with Crippen LogP contribution >= 0.6 is 0 Å². The topological polar surface area (TPSA) is 628 Å². The van der Waals surface area contributed by atoms with Crippen LogP contribution in [0.4, 0.5) is 0 Å². The van der Waals surface area contributed by atoms with Gasteiger partial charge in [0, 0.05) is 6.92 Å². The Morgan fingerprint density at radius 1 is 0.558 bits per heavy atom. The highest BCUT2D eigenvalue weighted by Crippen LogP contribution is 2.37. The molecule has 77 heavy (non-hydrogen) atoms. The van der Waals surface area contributed by atoms with Crippen molar-refractivity contribution in [1.29, 1.82) is 0 Å². The van der Waals surface area contributed by atoms with E-state index in [9.17, 15) is 120 Å². The van der Waals surface area contributed by atoms with Crippen molar-refractivity contribution in [3.05, 3.63) is 11.6 Å². The Bertz CT molecular complexity index is 2660. The van der Waals surface area contributed by atoms with Gasteiger partial charge >= 0.3 is 63.8 Å². The second-order valence-corrected chi connectivity index (χ2v) is 21.5. The number of aliphatic hydroxyl groups excluding tert-OH is 6. The number of amides is 1. The fourth-order valence-electron chi connectivity index (χ4n) is 7.42. The Kier molecular flexibility index (Phi) is 24.2. The molecule has 0 aromatic heterocycles. The highest BCUT2D eigenvalue weighted by molar-refractivity contribution is 7.83. The molecule has 20 atom stereocenters. The van der Waals surface area contributed by atoms with Gasteiger partial charge in [-0.2, -0.15) is 46.8 Å². The first-order valence-electron chi connectivity index (χ1n) is 20.9. The van der Waals surface area contributed by atoms with Crippen LogP contribution in [-0.4, -0.2) is 266 Å². The highest BCUT2D eigenvalue weighted by Gasteiger charge is 2.60. The summed E-state index contributed by atoms with van der Waals surface area (Å²) in [6.45, 7) is 1.57. The van der Waals surface area contributed by atoms with Gasteiger partial charge in [0.15, 0.2) is 49.6 Å². The third kappa shape index (κ3) is 20.3. The largest absolute Gasteiger partial charge is 0.479 e. The van der Waals surface area contributed by atoms with Gasteiger partial charge in [0.2, 0.25) is 5.91 Å². The van der Waals surface area contributed by atoms with Crippen molar-refractivity contribution in [2.45, 2.75) is 150 Å². The number of allylic oxidation sites excluding steroid dienone is 2. The molecule has 0 unspecified atom stereocenters. The van der Waals surface area contributed by atoms with Crippen molar-refractivity contribution < 1.29 is 175 Å². The molecule has 4 saturated heterocycles. The van der Waals surface area contributed by atoms with E-state index in [2.05, 4.69) is 16.7 Å². The third-order valence-corrected chi connectivity index (χ3v) is 12.8. The van der Waals surface area contributed by atoms with E-state index in [0.717, 1.165) is 25.2 Å². The van der Waals surface area contributed by atoms with E-state index in [1.165, 1.54) is 4.72 Å². The minimum Gasteiger partial charge on any atom is -0.479 e. The van der Waals surface area contributed by atoms with Crippen molar-refractivity contribution in [3.8, 4) is 0 Å². The van der Waals surface area contributed by atoms with Gasteiger partial charge < -0.3 is 79.3 Å². The first-order chi connectivity index (χ1) is 35.1. The smallest absolute Gasteiger partial charge is 0.397 e. The maximum Gasteiger partial charge on any atom is 0.397 e. The van der Waals surface area contributed by atoms with Crippen LogP contribution in [0.2, 0.25) is 0 Å². The molecule has 0 aromatic rings. The Labute approximate surface area is 434 Å². The van der Waals surface area contributed by atoms with Crippen LogP contribution in [-0.2, 0) is 121 Å². The summed E-state index contributed by atoms with van der Waals surface area (Å²) in [4.78, 5) is 46.2. The average Bonchev–Trinajstić information content (AvgIpc) is 3.26. The first kappa shape index (κ1) is 67.9. The molecule has 0 aromatic carbocycles. The van der Waals surface area contributed by atoms with Crippen LogP contribution in [0.25, 0.3) is 0 Å². The standard InChI is InChI=1S/C26H42N2O37S5.C6H10O/c1-4(30)27-7-9(31)13(6(56-23(7)39)3-55-67(43,44)45)58-26-19(65-70(52,53)54)12(34)16(20(62-26)22(37)38)60-24-8(28-66(40,41)42)15(63-68(46,47)48)14(5(2-29)57-24)59-25-18(64-69(49,50)51)11(33)10(32)17(61-25)21(35)36;1-3-4-6(2)5-7/h5-20,23-26,28-29,31-34,39H,2-3H2,1H3,(H,27,30)(H,35,36)(H,37,38)(H,40,41,42)(H,43,44,45)(H,46,47,48)(H,49,50,51)(H,52,53,54);4-5H,3H2,1-2H3/t5-,6+,7-,8-,9-,10-,11-,12+,13-,14-,15-,16+,17-,18+,19-,20+,23-,24+,25+,26-;/m1./s1. The van der Waals surface area contributed by atoms with E-state index in [4.69, 9.17) is 37.7 Å². The lowest BCUT2D eigenvalue weighted by atomic mass is 9.94. The predicted octanol–water partition coefficient (Wildman–Crippen LogP) is -9.17. The van der Waals surface area contributed by atoms with Gasteiger partial charge in [-0.3, -0.25) is 32.4 Å². The van der Waals surface area contributed by atoms with Gasteiger partial charge in [-0.25, -0.2) is 26.3 Å². The number of ether oxygens (including phenoxy) is 7. The van der Waals surface area contributed by atoms with Crippen molar-refractivity contribution >= 4 is 76.0 Å². The van der Waals surface area contributed by atoms with Gasteiger partial charge in [-0.05, 0) is 18.9 Å². The van der Waals surface area contributed by atoms with Gasteiger partial charge in [0.25, 0.3) is 0 Å². The minimum atomic E-state index is -6.09. The maximum atomic E-state index is 12.7. The Hall–Kier alpha value is -3.35. The molecule has 4 aliphatic heterocycles. The molecule has 0 aliphatic carbocycles. The van der Waals surface area contributed by atoms with Gasteiger partial charge in [0.1, 0.15) is 79.4 Å². The van der Waals surface area contributed by atoms with E-state index < -0.39 is 206 Å². The van der Waals surface area contributed by atoms with Gasteiger partial charge in [-0.1, -0.05) is 13.0 Å². The molecule has 1 amide bonds. The lowest BCUT2D eigenvalue weighted by Gasteiger charge is -2.50. The quantitative estimate of drug-likeness (QED) is 0.0257. The molecule has 0 spiro atoms. The van der Waals surface area contributed by atoms with E-state index >= 15 is 0 Å². The van der Waals surface area contributed by atoms with Crippen LogP contribution in [0.1, 0.15) is 27.2 Å². The molecule has 40 nitrogen and oxygen atoms in total. The molecule has 15 N–H and O–H groups in total. The summed E-state index contributed by atoms with van der Waals surface area (Å²) < 4.78 is 222.